The zero-order valence-corrected chi connectivity index (χ0v) is 17.8. The van der Waals surface area contributed by atoms with Crippen molar-refractivity contribution in [2.45, 2.75) is 20.4 Å². The second kappa shape index (κ2) is 9.92. The Kier molecular flexibility index (Phi) is 7.07. The number of amides is 1. The molecule has 1 heterocycles. The number of halogens is 1. The van der Waals surface area contributed by atoms with Crippen molar-refractivity contribution in [1.29, 1.82) is 0 Å². The van der Waals surface area contributed by atoms with Gasteiger partial charge in [-0.25, -0.2) is 4.68 Å². The summed E-state index contributed by atoms with van der Waals surface area (Å²) in [5, 5.41) is 10.3. The van der Waals surface area contributed by atoms with Crippen LogP contribution in [0, 0.1) is 6.92 Å². The second-order valence-electron chi connectivity index (χ2n) is 6.24. The Morgan fingerprint density at radius 3 is 2.55 bits per heavy atom. The van der Waals surface area contributed by atoms with Crippen LogP contribution in [0.2, 0.25) is 0 Å². The summed E-state index contributed by atoms with van der Waals surface area (Å²) in [7, 11) is 0. The number of anilines is 1. The van der Waals surface area contributed by atoms with E-state index in [0.717, 1.165) is 16.8 Å². The number of ether oxygens (including phenoxy) is 2. The molecule has 29 heavy (non-hydrogen) atoms. The van der Waals surface area contributed by atoms with E-state index in [4.69, 9.17) is 9.47 Å². The van der Waals surface area contributed by atoms with Crippen molar-refractivity contribution in [3.05, 3.63) is 64.7 Å². The second-order valence-corrected chi connectivity index (χ2v) is 7.10. The van der Waals surface area contributed by atoms with Crippen molar-refractivity contribution in [3.63, 3.8) is 0 Å². The molecule has 0 saturated heterocycles. The van der Waals surface area contributed by atoms with Crippen LogP contribution in [-0.2, 0) is 11.3 Å². The summed E-state index contributed by atoms with van der Waals surface area (Å²) in [4.78, 5) is 12.2. The lowest BCUT2D eigenvalue weighted by atomic mass is 10.2. The number of nitrogens with zero attached hydrogens (tertiary/aromatic N) is 3. The first-order valence-electron chi connectivity index (χ1n) is 9.08. The normalized spacial score (nSPS) is 10.4. The van der Waals surface area contributed by atoms with E-state index in [1.165, 1.54) is 0 Å². The highest BCUT2D eigenvalue weighted by Crippen LogP contribution is 2.37. The smallest absolute Gasteiger partial charge is 0.262 e. The maximum Gasteiger partial charge on any atom is 0.262 e. The van der Waals surface area contributed by atoms with Crippen molar-refractivity contribution < 1.29 is 14.3 Å². The molecule has 152 valence electrons. The minimum Gasteiger partial charge on any atom is -0.490 e. The molecule has 0 bridgehead atoms. The van der Waals surface area contributed by atoms with E-state index >= 15 is 0 Å². The molecular formula is C20H22BrN5O3. The van der Waals surface area contributed by atoms with Gasteiger partial charge in [0.2, 0.25) is 0 Å². The lowest BCUT2D eigenvalue weighted by molar-refractivity contribution is -0.118. The quantitative estimate of drug-likeness (QED) is 0.508. The molecule has 0 unspecified atom stereocenters. The minimum atomic E-state index is -0.249. The molecule has 3 rings (SSSR count). The van der Waals surface area contributed by atoms with Crippen LogP contribution in [0.4, 0.5) is 5.69 Å². The van der Waals surface area contributed by atoms with Crippen LogP contribution in [0.15, 0.2) is 53.5 Å². The zero-order chi connectivity index (χ0) is 20.6. The molecule has 1 amide bonds. The van der Waals surface area contributed by atoms with Crippen molar-refractivity contribution in [2.75, 3.05) is 24.0 Å². The van der Waals surface area contributed by atoms with Crippen LogP contribution in [0.25, 0.3) is 0 Å². The third-order valence-electron chi connectivity index (χ3n) is 3.94. The topological polar surface area (TPSA) is 90.3 Å². The highest BCUT2D eigenvalue weighted by atomic mass is 79.9. The standard InChI is InChI=1S/C20H22BrN5O3/c1-3-28-18-9-15(10-24-26-12-22-23-13-26)8-17(21)20(18)29-11-19(27)25-16-6-4-14(2)5-7-16/h4-9,12-13,24H,3,10-11H2,1-2H3,(H,25,27). The molecule has 1 aromatic heterocycles. The Morgan fingerprint density at radius 2 is 1.86 bits per heavy atom. The highest BCUT2D eigenvalue weighted by molar-refractivity contribution is 9.10. The highest BCUT2D eigenvalue weighted by Gasteiger charge is 2.14. The van der Waals surface area contributed by atoms with Gasteiger partial charge < -0.3 is 20.2 Å². The fourth-order valence-electron chi connectivity index (χ4n) is 2.56. The Hall–Kier alpha value is -3.07. The third kappa shape index (κ3) is 5.95. The fourth-order valence-corrected chi connectivity index (χ4v) is 3.17. The first kappa shape index (κ1) is 20.7. The summed E-state index contributed by atoms with van der Waals surface area (Å²) >= 11 is 3.52. The Labute approximate surface area is 177 Å². The number of benzene rings is 2. The van der Waals surface area contributed by atoms with Crippen LogP contribution in [0.3, 0.4) is 0 Å². The summed E-state index contributed by atoms with van der Waals surface area (Å²) in [6.07, 6.45) is 3.14. The molecular weight excluding hydrogens is 438 g/mol. The molecule has 2 aromatic carbocycles. The summed E-state index contributed by atoms with van der Waals surface area (Å²) in [6.45, 7) is 4.76. The van der Waals surface area contributed by atoms with Gasteiger partial charge in [0.1, 0.15) is 12.7 Å². The Morgan fingerprint density at radius 1 is 1.14 bits per heavy atom. The largest absolute Gasteiger partial charge is 0.490 e. The molecule has 3 aromatic rings. The van der Waals surface area contributed by atoms with E-state index in [0.29, 0.717) is 29.1 Å². The van der Waals surface area contributed by atoms with Gasteiger partial charge in [-0.1, -0.05) is 17.7 Å². The molecule has 0 radical (unpaired) electrons. The number of aromatic nitrogens is 3. The van der Waals surface area contributed by atoms with Gasteiger partial charge in [-0.2, -0.15) is 0 Å². The van der Waals surface area contributed by atoms with E-state index in [1.807, 2.05) is 50.2 Å². The van der Waals surface area contributed by atoms with Crippen molar-refractivity contribution >= 4 is 27.5 Å². The summed E-state index contributed by atoms with van der Waals surface area (Å²) in [6, 6.07) is 11.4. The maximum atomic E-state index is 12.2. The Balaban J connectivity index is 1.65. The summed E-state index contributed by atoms with van der Waals surface area (Å²) in [5.74, 6) is 0.797. The molecule has 8 nitrogen and oxygen atoms in total. The molecule has 0 spiro atoms. The molecule has 0 saturated carbocycles. The number of carbonyl (C=O) groups is 1. The minimum absolute atomic E-state index is 0.134. The molecule has 0 aliphatic heterocycles. The number of aryl methyl sites for hydroxylation is 1. The van der Waals surface area contributed by atoms with Gasteiger partial charge in [0, 0.05) is 5.69 Å². The van der Waals surface area contributed by atoms with Crippen LogP contribution in [-0.4, -0.2) is 34.0 Å². The summed E-state index contributed by atoms with van der Waals surface area (Å²) in [5.41, 5.74) is 5.97. The zero-order valence-electron chi connectivity index (χ0n) is 16.2. The molecule has 0 aliphatic rings. The van der Waals surface area contributed by atoms with E-state index < -0.39 is 0 Å². The van der Waals surface area contributed by atoms with Gasteiger partial charge in [0.25, 0.3) is 5.91 Å². The van der Waals surface area contributed by atoms with Crippen LogP contribution < -0.4 is 20.2 Å². The van der Waals surface area contributed by atoms with E-state index in [9.17, 15) is 4.79 Å². The Bertz CT molecular complexity index is 946. The third-order valence-corrected chi connectivity index (χ3v) is 4.53. The number of nitrogens with one attached hydrogen (secondary N) is 2. The lowest BCUT2D eigenvalue weighted by Gasteiger charge is -2.16. The lowest BCUT2D eigenvalue weighted by Crippen LogP contribution is -2.20. The number of carbonyl (C=O) groups excluding carboxylic acids is 1. The predicted octanol–water partition coefficient (Wildman–Crippen LogP) is 3.51. The SMILES string of the molecule is CCOc1cc(CNn2cnnc2)cc(Br)c1OCC(=O)Nc1ccc(C)cc1. The van der Waals surface area contributed by atoms with Crippen LogP contribution in [0.5, 0.6) is 11.5 Å². The van der Waals surface area contributed by atoms with E-state index in [1.54, 1.807) is 17.3 Å². The van der Waals surface area contributed by atoms with E-state index in [-0.39, 0.29) is 12.5 Å². The predicted molar refractivity (Wildman–Crippen MR) is 114 cm³/mol. The van der Waals surface area contributed by atoms with Gasteiger partial charge >= 0.3 is 0 Å². The first-order valence-corrected chi connectivity index (χ1v) is 9.87. The van der Waals surface area contributed by atoms with Gasteiger partial charge in [-0.3, -0.25) is 4.79 Å². The van der Waals surface area contributed by atoms with E-state index in [2.05, 4.69) is 36.9 Å². The number of hydrogen-bond donors (Lipinski definition) is 2. The van der Waals surface area contributed by atoms with Crippen molar-refractivity contribution in [3.8, 4) is 11.5 Å². The molecule has 9 heteroatoms. The first-order chi connectivity index (χ1) is 14.0. The maximum absolute atomic E-state index is 12.2. The molecule has 2 N–H and O–H groups in total. The molecule has 0 fully saturated rings. The fraction of sp³-hybridized carbons (Fsp3) is 0.250. The van der Waals surface area contributed by atoms with Crippen molar-refractivity contribution in [2.24, 2.45) is 0 Å². The average molecular weight is 460 g/mol. The van der Waals surface area contributed by atoms with Gasteiger partial charge in [-0.05, 0) is 59.6 Å². The van der Waals surface area contributed by atoms with Crippen LogP contribution >= 0.6 is 15.9 Å². The van der Waals surface area contributed by atoms with Crippen LogP contribution in [0.1, 0.15) is 18.1 Å². The van der Waals surface area contributed by atoms with Gasteiger partial charge in [0.05, 0.1) is 17.6 Å². The average Bonchev–Trinajstić information content (AvgIpc) is 3.21. The van der Waals surface area contributed by atoms with Gasteiger partial charge in [0.15, 0.2) is 18.1 Å². The summed E-state index contributed by atoms with van der Waals surface area (Å²) < 4.78 is 13.8. The molecule has 0 aliphatic carbocycles. The number of hydrogen-bond acceptors (Lipinski definition) is 6. The monoisotopic (exact) mass is 459 g/mol. The number of rotatable bonds is 9. The van der Waals surface area contributed by atoms with Gasteiger partial charge in [-0.15, -0.1) is 10.2 Å². The van der Waals surface area contributed by atoms with Crippen molar-refractivity contribution in [1.82, 2.24) is 14.9 Å². The molecule has 0 atom stereocenters.